The fourth-order valence-corrected chi connectivity index (χ4v) is 1.99. The average molecular weight is 287 g/mol. The molecule has 7 nitrogen and oxygen atoms in total. The van der Waals surface area contributed by atoms with Crippen molar-refractivity contribution >= 4 is 23.3 Å². The molecule has 1 aromatic carbocycles. The number of primary amides is 1. The molecule has 0 spiro atoms. The fourth-order valence-electron chi connectivity index (χ4n) is 1.99. The summed E-state index contributed by atoms with van der Waals surface area (Å²) in [6.45, 7) is 3.88. The second-order valence-electron chi connectivity index (χ2n) is 4.83. The summed E-state index contributed by atoms with van der Waals surface area (Å²) in [5.74, 6) is -0.697. The molecule has 0 aliphatic rings. The summed E-state index contributed by atoms with van der Waals surface area (Å²) < 4.78 is 1.41. The van der Waals surface area contributed by atoms with Crippen LogP contribution in [-0.4, -0.2) is 21.7 Å². The van der Waals surface area contributed by atoms with Crippen molar-refractivity contribution < 1.29 is 9.59 Å². The van der Waals surface area contributed by atoms with Gasteiger partial charge in [-0.25, -0.2) is 4.79 Å². The minimum absolute atomic E-state index is 0.0216. The van der Waals surface area contributed by atoms with Gasteiger partial charge in [-0.3, -0.25) is 9.48 Å². The number of benzene rings is 1. The summed E-state index contributed by atoms with van der Waals surface area (Å²) in [6.07, 6.45) is 1.52. The van der Waals surface area contributed by atoms with Crippen LogP contribution in [0.5, 0.6) is 0 Å². The van der Waals surface area contributed by atoms with Crippen molar-refractivity contribution in [3.63, 3.8) is 0 Å². The molecule has 7 heteroatoms. The summed E-state index contributed by atoms with van der Waals surface area (Å²) in [7, 11) is 1.64. The van der Waals surface area contributed by atoms with E-state index in [1.165, 1.54) is 10.9 Å². The molecule has 3 amide bonds. The summed E-state index contributed by atoms with van der Waals surface area (Å²) in [6, 6.07) is 5.23. The summed E-state index contributed by atoms with van der Waals surface area (Å²) in [5, 5.41) is 9.19. The number of urea groups is 1. The van der Waals surface area contributed by atoms with Crippen LogP contribution in [0.1, 0.15) is 21.6 Å². The van der Waals surface area contributed by atoms with E-state index in [0.29, 0.717) is 5.69 Å². The molecule has 0 fully saturated rings. The molecule has 0 saturated carbocycles. The molecule has 4 N–H and O–H groups in total. The van der Waals surface area contributed by atoms with Gasteiger partial charge in [0.2, 0.25) is 0 Å². The quantitative estimate of drug-likeness (QED) is 0.801. The number of hydrogen-bond acceptors (Lipinski definition) is 3. The Hall–Kier alpha value is -2.83. The zero-order valence-corrected chi connectivity index (χ0v) is 12.1. The third-order valence-electron chi connectivity index (χ3n) is 2.94. The van der Waals surface area contributed by atoms with Gasteiger partial charge in [0.05, 0.1) is 5.69 Å². The number of rotatable bonds is 3. The van der Waals surface area contributed by atoms with Gasteiger partial charge < -0.3 is 16.4 Å². The van der Waals surface area contributed by atoms with Crippen LogP contribution in [0.15, 0.2) is 24.4 Å². The predicted octanol–water partition coefficient (Wildman–Crippen LogP) is 1.78. The molecule has 0 radical (unpaired) electrons. The molecule has 0 atom stereocenters. The number of anilines is 2. The largest absolute Gasteiger partial charge is 0.364 e. The monoisotopic (exact) mass is 287 g/mol. The molecule has 110 valence electrons. The number of nitrogens with one attached hydrogen (secondary N) is 2. The summed E-state index contributed by atoms with van der Waals surface area (Å²) >= 11 is 0. The van der Waals surface area contributed by atoms with Crippen molar-refractivity contribution in [1.82, 2.24) is 9.78 Å². The van der Waals surface area contributed by atoms with E-state index < -0.39 is 11.9 Å². The number of aromatic nitrogens is 2. The topological polar surface area (TPSA) is 102 Å². The first-order valence-electron chi connectivity index (χ1n) is 6.35. The van der Waals surface area contributed by atoms with Crippen LogP contribution in [0.4, 0.5) is 16.2 Å². The maximum Gasteiger partial charge on any atom is 0.323 e. The SMILES string of the molecule is Cc1ccc(NC(=O)Nc2cn(C)nc2C(N)=O)c(C)c1. The van der Waals surface area contributed by atoms with Gasteiger partial charge in [0, 0.05) is 18.9 Å². The molecule has 1 heterocycles. The van der Waals surface area contributed by atoms with Crippen molar-refractivity contribution in [2.45, 2.75) is 13.8 Å². The minimum atomic E-state index is -0.697. The third-order valence-corrected chi connectivity index (χ3v) is 2.94. The van der Waals surface area contributed by atoms with E-state index >= 15 is 0 Å². The molecular formula is C14H17N5O2. The number of hydrogen-bond donors (Lipinski definition) is 3. The van der Waals surface area contributed by atoms with Gasteiger partial charge in [-0.15, -0.1) is 0 Å². The first-order chi connectivity index (χ1) is 9.86. The van der Waals surface area contributed by atoms with E-state index in [1.807, 2.05) is 32.0 Å². The molecule has 0 aliphatic heterocycles. The minimum Gasteiger partial charge on any atom is -0.364 e. The predicted molar refractivity (Wildman–Crippen MR) is 80.3 cm³/mol. The van der Waals surface area contributed by atoms with Gasteiger partial charge >= 0.3 is 6.03 Å². The molecule has 0 bridgehead atoms. The van der Waals surface area contributed by atoms with Crippen LogP contribution >= 0.6 is 0 Å². The molecule has 0 unspecified atom stereocenters. The molecule has 2 rings (SSSR count). The van der Waals surface area contributed by atoms with E-state index in [4.69, 9.17) is 5.73 Å². The Kier molecular flexibility index (Phi) is 3.93. The Balaban J connectivity index is 2.13. The van der Waals surface area contributed by atoms with Crippen LogP contribution < -0.4 is 16.4 Å². The third kappa shape index (κ3) is 3.38. The molecule has 1 aromatic heterocycles. The van der Waals surface area contributed by atoms with Crippen molar-refractivity contribution in [3.8, 4) is 0 Å². The highest BCUT2D eigenvalue weighted by atomic mass is 16.2. The lowest BCUT2D eigenvalue weighted by molar-refractivity contribution is 0.0995. The van der Waals surface area contributed by atoms with Gasteiger partial charge in [0.1, 0.15) is 0 Å². The zero-order valence-electron chi connectivity index (χ0n) is 12.1. The van der Waals surface area contributed by atoms with Crippen LogP contribution in [0.25, 0.3) is 0 Å². The maximum atomic E-state index is 12.0. The highest BCUT2D eigenvalue weighted by Gasteiger charge is 2.15. The standard InChI is InChI=1S/C14H17N5O2/c1-8-4-5-10(9(2)6-8)16-14(21)17-11-7-19(3)18-12(11)13(15)20/h4-7H,1-3H3,(H2,15,20)(H2,16,17,21). The number of nitrogens with two attached hydrogens (primary N) is 1. The smallest absolute Gasteiger partial charge is 0.323 e. The second kappa shape index (κ2) is 5.66. The first-order valence-corrected chi connectivity index (χ1v) is 6.35. The molecule has 2 aromatic rings. The van der Waals surface area contributed by atoms with E-state index in [2.05, 4.69) is 15.7 Å². The van der Waals surface area contributed by atoms with Crippen molar-refractivity contribution in [2.24, 2.45) is 12.8 Å². The van der Waals surface area contributed by atoms with E-state index in [1.54, 1.807) is 7.05 Å². The lowest BCUT2D eigenvalue weighted by Crippen LogP contribution is -2.22. The average Bonchev–Trinajstić information content (AvgIpc) is 2.74. The molecule has 0 aliphatic carbocycles. The van der Waals surface area contributed by atoms with Crippen LogP contribution in [0.2, 0.25) is 0 Å². The van der Waals surface area contributed by atoms with Crippen LogP contribution in [0.3, 0.4) is 0 Å². The van der Waals surface area contributed by atoms with Gasteiger partial charge in [0.15, 0.2) is 5.69 Å². The lowest BCUT2D eigenvalue weighted by Gasteiger charge is -2.10. The van der Waals surface area contributed by atoms with Crippen molar-refractivity contribution in [2.75, 3.05) is 10.6 Å². The van der Waals surface area contributed by atoms with Crippen LogP contribution in [-0.2, 0) is 7.05 Å². The number of amides is 3. The highest BCUT2D eigenvalue weighted by Crippen LogP contribution is 2.17. The Bertz CT molecular complexity index is 705. The summed E-state index contributed by atoms with van der Waals surface area (Å²) in [5.41, 5.74) is 8.26. The molecular weight excluding hydrogens is 270 g/mol. The second-order valence-corrected chi connectivity index (χ2v) is 4.83. The maximum absolute atomic E-state index is 12.0. The van der Waals surface area contributed by atoms with Gasteiger partial charge in [-0.2, -0.15) is 5.10 Å². The molecule has 21 heavy (non-hydrogen) atoms. The Morgan fingerprint density at radius 2 is 1.86 bits per heavy atom. The van der Waals surface area contributed by atoms with E-state index in [0.717, 1.165) is 11.1 Å². The molecule has 0 saturated heterocycles. The fraction of sp³-hybridized carbons (Fsp3) is 0.214. The lowest BCUT2D eigenvalue weighted by atomic mass is 10.1. The van der Waals surface area contributed by atoms with Crippen molar-refractivity contribution in [1.29, 1.82) is 0 Å². The zero-order chi connectivity index (χ0) is 15.6. The van der Waals surface area contributed by atoms with Crippen molar-refractivity contribution in [3.05, 3.63) is 41.2 Å². The Morgan fingerprint density at radius 3 is 2.48 bits per heavy atom. The van der Waals surface area contributed by atoms with Crippen LogP contribution in [0, 0.1) is 13.8 Å². The van der Waals surface area contributed by atoms with Gasteiger partial charge in [0.25, 0.3) is 5.91 Å². The van der Waals surface area contributed by atoms with E-state index in [9.17, 15) is 9.59 Å². The number of aryl methyl sites for hydroxylation is 3. The van der Waals surface area contributed by atoms with Gasteiger partial charge in [-0.1, -0.05) is 17.7 Å². The first kappa shape index (κ1) is 14.6. The number of nitrogens with zero attached hydrogens (tertiary/aromatic N) is 2. The number of carbonyl (C=O) groups excluding carboxylic acids is 2. The Labute approximate surface area is 122 Å². The highest BCUT2D eigenvalue weighted by molar-refractivity contribution is 6.05. The van der Waals surface area contributed by atoms with Gasteiger partial charge in [-0.05, 0) is 25.5 Å². The normalized spacial score (nSPS) is 10.2. The summed E-state index contributed by atoms with van der Waals surface area (Å²) in [4.78, 5) is 23.2. The number of carbonyl (C=O) groups is 2. The van der Waals surface area contributed by atoms with E-state index in [-0.39, 0.29) is 11.4 Å². The Morgan fingerprint density at radius 1 is 1.19 bits per heavy atom.